The zero-order valence-electron chi connectivity index (χ0n) is 11.6. The Morgan fingerprint density at radius 3 is 3.10 bits per heavy atom. The maximum absolute atomic E-state index is 5.43. The van der Waals surface area contributed by atoms with Crippen LogP contribution in [0.15, 0.2) is 48.9 Å². The molecule has 4 rings (SSSR count). The third-order valence-electron chi connectivity index (χ3n) is 3.52. The first-order valence-corrected chi connectivity index (χ1v) is 6.90. The summed E-state index contributed by atoms with van der Waals surface area (Å²) in [6, 6.07) is 10.1. The largest absolute Gasteiger partial charge is 0.478 e. The molecule has 0 radical (unpaired) electrons. The van der Waals surface area contributed by atoms with Crippen molar-refractivity contribution in [1.82, 2.24) is 19.6 Å². The van der Waals surface area contributed by atoms with Gasteiger partial charge in [-0.25, -0.2) is 4.52 Å². The Bertz CT molecular complexity index is 922. The minimum atomic E-state index is 0.615. The first-order valence-electron chi connectivity index (χ1n) is 6.90. The van der Waals surface area contributed by atoms with E-state index in [1.807, 2.05) is 42.0 Å². The zero-order valence-corrected chi connectivity index (χ0v) is 11.6. The van der Waals surface area contributed by atoms with Crippen molar-refractivity contribution in [3.63, 3.8) is 0 Å². The van der Waals surface area contributed by atoms with Crippen molar-refractivity contribution in [3.8, 4) is 17.0 Å². The number of hydrogen-bond acceptors (Lipinski definition) is 3. The molecule has 0 unspecified atom stereocenters. The standard InChI is InChI=1S/C16H14N4O/c1-2-21-15-4-3-13-14(10-17-16(13)19-15)11-6-8-20-12(9-11)5-7-18-20/h3-10H,2H2,1H3,(H,17,19). The van der Waals surface area contributed by atoms with Crippen LogP contribution in [-0.2, 0) is 0 Å². The van der Waals surface area contributed by atoms with Crippen LogP contribution in [0.5, 0.6) is 5.88 Å². The molecule has 0 aliphatic rings. The Morgan fingerprint density at radius 1 is 1.24 bits per heavy atom. The summed E-state index contributed by atoms with van der Waals surface area (Å²) >= 11 is 0. The summed E-state index contributed by atoms with van der Waals surface area (Å²) in [6.45, 7) is 2.57. The molecule has 0 saturated heterocycles. The number of nitrogens with zero attached hydrogens (tertiary/aromatic N) is 3. The van der Waals surface area contributed by atoms with Gasteiger partial charge in [-0.2, -0.15) is 10.1 Å². The zero-order chi connectivity index (χ0) is 14.2. The van der Waals surface area contributed by atoms with Gasteiger partial charge in [-0.1, -0.05) is 0 Å². The van der Waals surface area contributed by atoms with Crippen molar-refractivity contribution in [2.24, 2.45) is 0 Å². The molecule has 4 heterocycles. The van der Waals surface area contributed by atoms with Gasteiger partial charge in [0.1, 0.15) is 5.65 Å². The first-order chi connectivity index (χ1) is 10.3. The molecule has 0 amide bonds. The molecule has 5 heteroatoms. The van der Waals surface area contributed by atoms with E-state index in [1.165, 1.54) is 0 Å². The molecule has 0 aliphatic carbocycles. The Morgan fingerprint density at radius 2 is 2.19 bits per heavy atom. The quantitative estimate of drug-likeness (QED) is 0.625. The van der Waals surface area contributed by atoms with Crippen LogP contribution >= 0.6 is 0 Å². The van der Waals surface area contributed by atoms with Gasteiger partial charge in [0.2, 0.25) is 5.88 Å². The minimum Gasteiger partial charge on any atom is -0.478 e. The Hall–Kier alpha value is -2.82. The molecular weight excluding hydrogens is 264 g/mol. The Balaban J connectivity index is 1.85. The van der Waals surface area contributed by atoms with Crippen molar-refractivity contribution in [1.29, 1.82) is 0 Å². The van der Waals surface area contributed by atoms with E-state index in [9.17, 15) is 0 Å². The van der Waals surface area contributed by atoms with Crippen molar-refractivity contribution in [3.05, 3.63) is 48.9 Å². The number of aromatic amines is 1. The fourth-order valence-corrected chi connectivity index (χ4v) is 2.54. The molecule has 1 N–H and O–H groups in total. The second-order valence-electron chi connectivity index (χ2n) is 4.80. The van der Waals surface area contributed by atoms with Gasteiger partial charge < -0.3 is 9.72 Å². The van der Waals surface area contributed by atoms with E-state index < -0.39 is 0 Å². The number of rotatable bonds is 3. The van der Waals surface area contributed by atoms with Crippen molar-refractivity contribution in [2.75, 3.05) is 6.61 Å². The van der Waals surface area contributed by atoms with Crippen LogP contribution in [0, 0.1) is 0 Å². The molecule has 4 aromatic rings. The van der Waals surface area contributed by atoms with Gasteiger partial charge in [0.25, 0.3) is 0 Å². The maximum Gasteiger partial charge on any atom is 0.215 e. The highest BCUT2D eigenvalue weighted by molar-refractivity contribution is 5.94. The van der Waals surface area contributed by atoms with Crippen LogP contribution in [0.3, 0.4) is 0 Å². The SMILES string of the molecule is CCOc1ccc2c(-c3ccn4nccc4c3)c[nH]c2n1. The molecule has 0 aliphatic heterocycles. The lowest BCUT2D eigenvalue weighted by molar-refractivity contribution is 0.328. The normalized spacial score (nSPS) is 11.3. The topological polar surface area (TPSA) is 55.2 Å². The van der Waals surface area contributed by atoms with Gasteiger partial charge in [0.05, 0.1) is 12.1 Å². The molecule has 4 aromatic heterocycles. The van der Waals surface area contributed by atoms with Gasteiger partial charge in [0.15, 0.2) is 0 Å². The summed E-state index contributed by atoms with van der Waals surface area (Å²) in [5, 5.41) is 5.30. The molecule has 5 nitrogen and oxygen atoms in total. The average molecular weight is 278 g/mol. The van der Waals surface area contributed by atoms with Crippen molar-refractivity contribution < 1.29 is 4.74 Å². The fraction of sp³-hybridized carbons (Fsp3) is 0.125. The minimum absolute atomic E-state index is 0.615. The van der Waals surface area contributed by atoms with E-state index in [0.29, 0.717) is 12.5 Å². The van der Waals surface area contributed by atoms with E-state index >= 15 is 0 Å². The lowest BCUT2D eigenvalue weighted by Crippen LogP contribution is -1.93. The van der Waals surface area contributed by atoms with Crippen molar-refractivity contribution in [2.45, 2.75) is 6.92 Å². The summed E-state index contributed by atoms with van der Waals surface area (Å²) in [4.78, 5) is 7.68. The van der Waals surface area contributed by atoms with Crippen LogP contribution in [-0.4, -0.2) is 26.2 Å². The number of H-pyrrole nitrogens is 1. The molecule has 104 valence electrons. The molecule has 0 saturated carbocycles. The highest BCUT2D eigenvalue weighted by Crippen LogP contribution is 2.29. The number of nitrogens with one attached hydrogen (secondary N) is 1. The van der Waals surface area contributed by atoms with Gasteiger partial charge in [-0.3, -0.25) is 0 Å². The van der Waals surface area contributed by atoms with Gasteiger partial charge in [0, 0.05) is 35.6 Å². The number of aromatic nitrogens is 4. The van der Waals surface area contributed by atoms with E-state index in [2.05, 4.69) is 27.2 Å². The molecular formula is C16H14N4O. The highest BCUT2D eigenvalue weighted by atomic mass is 16.5. The molecule has 0 aromatic carbocycles. The Kier molecular flexibility index (Phi) is 2.64. The summed E-state index contributed by atoms with van der Waals surface area (Å²) in [5.41, 5.74) is 4.18. The van der Waals surface area contributed by atoms with Gasteiger partial charge >= 0.3 is 0 Å². The third kappa shape index (κ3) is 1.94. The number of ether oxygens (including phenoxy) is 1. The molecule has 0 fully saturated rings. The van der Waals surface area contributed by atoms with Crippen LogP contribution in [0.25, 0.3) is 27.7 Å². The van der Waals surface area contributed by atoms with E-state index in [-0.39, 0.29) is 0 Å². The van der Waals surface area contributed by atoms with Gasteiger partial charge in [-0.15, -0.1) is 0 Å². The van der Waals surface area contributed by atoms with Crippen molar-refractivity contribution >= 4 is 16.6 Å². The molecule has 0 spiro atoms. The third-order valence-corrected chi connectivity index (χ3v) is 3.52. The first kappa shape index (κ1) is 12.0. The van der Waals surface area contributed by atoms with Gasteiger partial charge in [-0.05, 0) is 36.8 Å². The Labute approximate surface area is 121 Å². The summed E-state index contributed by atoms with van der Waals surface area (Å²) in [7, 11) is 0. The second-order valence-corrected chi connectivity index (χ2v) is 4.80. The number of hydrogen-bond donors (Lipinski definition) is 1. The lowest BCUT2D eigenvalue weighted by Gasteiger charge is -2.03. The van der Waals surface area contributed by atoms with Crippen LogP contribution in [0.4, 0.5) is 0 Å². The number of pyridine rings is 2. The summed E-state index contributed by atoms with van der Waals surface area (Å²) < 4.78 is 7.28. The van der Waals surface area contributed by atoms with Crippen LogP contribution in [0.1, 0.15) is 6.92 Å². The number of fused-ring (bicyclic) bond motifs is 2. The average Bonchev–Trinajstić information content (AvgIpc) is 3.12. The summed E-state index contributed by atoms with van der Waals surface area (Å²) in [5.74, 6) is 0.643. The summed E-state index contributed by atoms with van der Waals surface area (Å²) in [6.07, 6.45) is 5.74. The monoisotopic (exact) mass is 278 g/mol. The van der Waals surface area contributed by atoms with Crippen LogP contribution in [0.2, 0.25) is 0 Å². The predicted molar refractivity (Wildman–Crippen MR) is 81.4 cm³/mol. The second kappa shape index (κ2) is 4.63. The van der Waals surface area contributed by atoms with E-state index in [1.54, 1.807) is 6.20 Å². The predicted octanol–water partition coefficient (Wildman–Crippen LogP) is 3.28. The van der Waals surface area contributed by atoms with E-state index in [4.69, 9.17) is 4.74 Å². The maximum atomic E-state index is 5.43. The molecule has 21 heavy (non-hydrogen) atoms. The smallest absolute Gasteiger partial charge is 0.215 e. The fourth-order valence-electron chi connectivity index (χ4n) is 2.54. The lowest BCUT2D eigenvalue weighted by atomic mass is 10.1. The molecule has 0 atom stereocenters. The van der Waals surface area contributed by atoms with Crippen LogP contribution < -0.4 is 4.74 Å². The van der Waals surface area contributed by atoms with E-state index in [0.717, 1.165) is 27.7 Å². The highest BCUT2D eigenvalue weighted by Gasteiger charge is 2.09. The molecule has 0 bridgehead atoms.